The Hall–Kier alpha value is -3.66. The molecule has 13 nitrogen and oxygen atoms in total. The Labute approximate surface area is 262 Å². The van der Waals surface area contributed by atoms with Gasteiger partial charge in [0.15, 0.2) is 0 Å². The molecule has 0 aromatic heterocycles. The Balaban J connectivity index is 1.29. The molecular weight excluding hydrogens is 626 g/mol. The molecule has 3 N–H and O–H groups in total. The Morgan fingerprint density at radius 1 is 0.533 bits per heavy atom. The van der Waals surface area contributed by atoms with E-state index in [0.29, 0.717) is 25.7 Å². The second kappa shape index (κ2) is 14.6. The molecule has 2 aromatic rings. The van der Waals surface area contributed by atoms with Crippen molar-refractivity contribution in [3.05, 3.63) is 60.7 Å². The predicted molar refractivity (Wildman–Crippen MR) is 159 cm³/mol. The first-order chi connectivity index (χ1) is 21.3. The minimum absolute atomic E-state index is 0.124. The number of benzene rings is 2. The van der Waals surface area contributed by atoms with Crippen LogP contribution in [0, 0.1) is 10.8 Å². The molecular formula is C30H37N3O10S2. The van der Waals surface area contributed by atoms with Gasteiger partial charge in [-0.2, -0.15) is 16.8 Å². The van der Waals surface area contributed by atoms with Crippen LogP contribution in [0.25, 0.3) is 0 Å². The van der Waals surface area contributed by atoms with E-state index in [9.17, 15) is 36.0 Å². The van der Waals surface area contributed by atoms with Crippen LogP contribution in [-0.4, -0.2) is 40.5 Å². The minimum Gasteiger partial charge on any atom is -0.296 e. The van der Waals surface area contributed by atoms with E-state index in [4.69, 9.17) is 8.57 Å². The molecule has 2 saturated carbocycles. The smallest absolute Gasteiger partial charge is 0.296 e. The molecule has 0 atom stereocenters. The van der Waals surface area contributed by atoms with Crippen molar-refractivity contribution in [2.75, 3.05) is 0 Å². The van der Waals surface area contributed by atoms with Gasteiger partial charge >= 0.3 is 20.2 Å². The van der Waals surface area contributed by atoms with Crippen molar-refractivity contribution < 1.29 is 44.6 Å². The highest BCUT2D eigenvalue weighted by molar-refractivity contribution is 7.87. The zero-order valence-electron chi connectivity index (χ0n) is 24.7. The molecule has 4 amide bonds. The van der Waals surface area contributed by atoms with Gasteiger partial charge in [0, 0.05) is 25.7 Å². The zero-order chi connectivity index (χ0) is 32.6. The van der Waals surface area contributed by atoms with Crippen molar-refractivity contribution in [2.45, 2.75) is 86.8 Å². The van der Waals surface area contributed by atoms with Crippen LogP contribution in [0.4, 0.5) is 0 Å². The minimum atomic E-state index is -4.22. The molecule has 0 aliphatic heterocycles. The molecule has 4 rings (SSSR count). The second-order valence-electron chi connectivity index (χ2n) is 11.8. The van der Waals surface area contributed by atoms with E-state index >= 15 is 0 Å². The van der Waals surface area contributed by atoms with Crippen LogP contribution in [0.1, 0.15) is 77.0 Å². The summed E-state index contributed by atoms with van der Waals surface area (Å²) < 4.78 is 58.8. The summed E-state index contributed by atoms with van der Waals surface area (Å²) in [4.78, 5) is 51.1. The van der Waals surface area contributed by atoms with Crippen molar-refractivity contribution in [1.29, 1.82) is 0 Å². The molecule has 2 aliphatic carbocycles. The highest BCUT2D eigenvalue weighted by Crippen LogP contribution is 2.45. The lowest BCUT2D eigenvalue weighted by atomic mass is 9.78. The van der Waals surface area contributed by atoms with Crippen molar-refractivity contribution in [3.8, 4) is 0 Å². The van der Waals surface area contributed by atoms with Gasteiger partial charge in [-0.25, -0.2) is 11.0 Å². The number of hydrogen-bond donors (Lipinski definition) is 3. The topological polar surface area (TPSA) is 191 Å². The average Bonchev–Trinajstić information content (AvgIpc) is 3.65. The van der Waals surface area contributed by atoms with Crippen LogP contribution < -0.4 is 16.3 Å². The summed E-state index contributed by atoms with van der Waals surface area (Å²) in [7, 11) is -8.44. The molecule has 0 spiro atoms. The maximum absolute atomic E-state index is 13.0. The van der Waals surface area contributed by atoms with Crippen LogP contribution in [0.3, 0.4) is 0 Å². The molecule has 2 aromatic carbocycles. The SMILES string of the molecule is O=C(CC1(CC(=O)NC(=O)CC2(CC(=O)NOS(=O)(=O)c3ccccc3)CCCC2)CCCC1)NOS(=O)(=O)c1ccccc1. The van der Waals surface area contributed by atoms with E-state index in [0.717, 1.165) is 25.7 Å². The van der Waals surface area contributed by atoms with Crippen LogP contribution in [0.5, 0.6) is 0 Å². The molecule has 0 heterocycles. The molecule has 2 aliphatic rings. The lowest BCUT2D eigenvalue weighted by Gasteiger charge is -2.29. The van der Waals surface area contributed by atoms with E-state index in [1.54, 1.807) is 12.1 Å². The monoisotopic (exact) mass is 663 g/mol. The van der Waals surface area contributed by atoms with Crippen LogP contribution >= 0.6 is 0 Å². The van der Waals surface area contributed by atoms with Gasteiger partial charge in [0.05, 0.1) is 9.79 Å². The first-order valence-corrected chi connectivity index (χ1v) is 17.5. The lowest BCUT2D eigenvalue weighted by Crippen LogP contribution is -2.40. The van der Waals surface area contributed by atoms with E-state index in [1.165, 1.54) is 48.5 Å². The summed E-state index contributed by atoms with van der Waals surface area (Å²) in [6.07, 6.45) is 4.57. The molecule has 0 saturated heterocycles. The maximum Gasteiger partial charge on any atom is 0.317 e. The van der Waals surface area contributed by atoms with Gasteiger partial charge in [-0.15, -0.1) is 8.57 Å². The largest absolute Gasteiger partial charge is 0.317 e. The summed E-state index contributed by atoms with van der Waals surface area (Å²) in [6.45, 7) is 0. The fourth-order valence-corrected chi connectivity index (χ4v) is 7.81. The zero-order valence-corrected chi connectivity index (χ0v) is 26.3. The average molecular weight is 664 g/mol. The third-order valence-electron chi connectivity index (χ3n) is 8.34. The Morgan fingerprint density at radius 3 is 1.18 bits per heavy atom. The van der Waals surface area contributed by atoms with Gasteiger partial charge in [0.2, 0.25) is 23.6 Å². The first-order valence-electron chi connectivity index (χ1n) is 14.7. The van der Waals surface area contributed by atoms with Gasteiger partial charge in [-0.3, -0.25) is 24.5 Å². The number of amides is 4. The molecule has 244 valence electrons. The highest BCUT2D eigenvalue weighted by atomic mass is 32.2. The molecule has 2 fully saturated rings. The number of rotatable bonds is 14. The Bertz CT molecular complexity index is 1470. The number of nitrogens with one attached hydrogen (secondary N) is 3. The second-order valence-corrected chi connectivity index (χ2v) is 14.9. The number of hydroxylamine groups is 2. The van der Waals surface area contributed by atoms with Crippen LogP contribution in [-0.2, 0) is 48.0 Å². The third kappa shape index (κ3) is 9.66. The van der Waals surface area contributed by atoms with Gasteiger partial charge < -0.3 is 0 Å². The highest BCUT2D eigenvalue weighted by Gasteiger charge is 2.41. The Kier molecular flexibility index (Phi) is 11.1. The fourth-order valence-electron chi connectivity index (χ4n) is 6.23. The third-order valence-corrected chi connectivity index (χ3v) is 10.6. The first kappa shape index (κ1) is 34.2. The number of carbonyl (C=O) groups is 4. The van der Waals surface area contributed by atoms with Gasteiger partial charge in [-0.05, 0) is 60.8 Å². The summed E-state index contributed by atoms with van der Waals surface area (Å²) in [5, 5.41) is 2.39. The quantitative estimate of drug-likeness (QED) is 0.253. The van der Waals surface area contributed by atoms with Gasteiger partial charge in [0.25, 0.3) is 0 Å². The van der Waals surface area contributed by atoms with Crippen molar-refractivity contribution in [3.63, 3.8) is 0 Å². The Morgan fingerprint density at radius 2 is 0.844 bits per heavy atom. The van der Waals surface area contributed by atoms with Crippen molar-refractivity contribution in [2.24, 2.45) is 10.8 Å². The van der Waals surface area contributed by atoms with E-state index in [-0.39, 0.29) is 35.5 Å². The summed E-state index contributed by atoms with van der Waals surface area (Å²) >= 11 is 0. The maximum atomic E-state index is 13.0. The number of imide groups is 1. The van der Waals surface area contributed by atoms with Crippen molar-refractivity contribution in [1.82, 2.24) is 16.3 Å². The summed E-state index contributed by atoms with van der Waals surface area (Å²) in [6, 6.07) is 14.7. The molecule has 0 bridgehead atoms. The number of hydrogen-bond acceptors (Lipinski definition) is 10. The van der Waals surface area contributed by atoms with E-state index in [1.807, 2.05) is 11.0 Å². The van der Waals surface area contributed by atoms with Gasteiger partial charge in [-0.1, -0.05) is 62.1 Å². The van der Waals surface area contributed by atoms with Crippen LogP contribution in [0.2, 0.25) is 0 Å². The standard InChI is InChI=1S/C30H37N3O10S2/c34-25(19-29(15-7-8-16-29)21-27(36)32-42-44(38,39)23-11-3-1-4-12-23)31-26(35)20-30(17-9-10-18-30)22-28(37)33-43-45(40,41)24-13-5-2-6-14-24/h1-6,11-14H,7-10,15-22H2,(H,32,36)(H,33,37)(H,31,34,35). The summed E-state index contributed by atoms with van der Waals surface area (Å²) in [5.74, 6) is -2.57. The normalized spacial score (nSPS) is 17.3. The number of carbonyl (C=O) groups excluding carboxylic acids is 4. The fraction of sp³-hybridized carbons (Fsp3) is 0.467. The van der Waals surface area contributed by atoms with Gasteiger partial charge in [0.1, 0.15) is 0 Å². The molecule has 45 heavy (non-hydrogen) atoms. The molecule has 0 radical (unpaired) electrons. The van der Waals surface area contributed by atoms with Crippen molar-refractivity contribution >= 4 is 43.9 Å². The van der Waals surface area contributed by atoms with E-state index < -0.39 is 54.7 Å². The lowest BCUT2D eigenvalue weighted by molar-refractivity contribution is -0.134. The van der Waals surface area contributed by atoms with E-state index in [2.05, 4.69) is 5.32 Å². The predicted octanol–water partition coefficient (Wildman–Crippen LogP) is 3.18. The molecule has 0 unspecified atom stereocenters. The summed E-state index contributed by atoms with van der Waals surface area (Å²) in [5.41, 5.74) is 2.40. The van der Waals surface area contributed by atoms with Crippen LogP contribution in [0.15, 0.2) is 70.5 Å². The molecule has 15 heteroatoms.